The van der Waals surface area contributed by atoms with Gasteiger partial charge in [0.15, 0.2) is 0 Å². The standard InChI is InChI=1S/C25H22F2N2OS/c1-17(18-8-3-2-4-9-18)31-23-16-29(22-13-6-5-10-19(22)23)15-14-28-25(30)24-20(26)11-7-12-21(24)27/h2-13,16-17H,14-15H2,1H3,(H,28,30)/t17-/m0/s1. The molecule has 0 aliphatic rings. The summed E-state index contributed by atoms with van der Waals surface area (Å²) in [6, 6.07) is 21.8. The molecule has 31 heavy (non-hydrogen) atoms. The summed E-state index contributed by atoms with van der Waals surface area (Å²) in [5.41, 5.74) is 1.76. The molecule has 0 aliphatic carbocycles. The molecule has 158 valence electrons. The van der Waals surface area contributed by atoms with E-state index in [1.165, 1.54) is 11.6 Å². The second kappa shape index (κ2) is 9.35. The van der Waals surface area contributed by atoms with Gasteiger partial charge < -0.3 is 9.88 Å². The first-order valence-electron chi connectivity index (χ1n) is 10.1. The van der Waals surface area contributed by atoms with Crippen molar-refractivity contribution in [3.8, 4) is 0 Å². The monoisotopic (exact) mass is 436 g/mol. The third-order valence-corrected chi connectivity index (χ3v) is 6.36. The quantitative estimate of drug-likeness (QED) is 0.350. The van der Waals surface area contributed by atoms with Crippen LogP contribution in [0.15, 0.2) is 83.9 Å². The molecule has 0 spiro atoms. The molecule has 0 fully saturated rings. The Balaban J connectivity index is 1.49. The number of nitrogens with one attached hydrogen (secondary N) is 1. The van der Waals surface area contributed by atoms with Crippen molar-refractivity contribution in [3.63, 3.8) is 0 Å². The van der Waals surface area contributed by atoms with Crippen LogP contribution in [0.25, 0.3) is 10.9 Å². The third kappa shape index (κ3) is 4.64. The second-order valence-electron chi connectivity index (χ2n) is 7.23. The van der Waals surface area contributed by atoms with Crippen LogP contribution in [0.2, 0.25) is 0 Å². The fraction of sp³-hybridized carbons (Fsp3) is 0.160. The molecule has 4 rings (SSSR count). The number of fused-ring (bicyclic) bond motifs is 1. The SMILES string of the molecule is C[C@H](Sc1cn(CCNC(=O)c2c(F)cccc2F)c2ccccc12)c1ccccc1. The van der Waals surface area contributed by atoms with Gasteiger partial charge in [-0.05, 0) is 30.7 Å². The van der Waals surface area contributed by atoms with Crippen LogP contribution in [0.5, 0.6) is 0 Å². The Bertz CT molecular complexity index is 1190. The van der Waals surface area contributed by atoms with Gasteiger partial charge in [-0.1, -0.05) is 54.6 Å². The summed E-state index contributed by atoms with van der Waals surface area (Å²) in [5.74, 6) is -2.48. The topological polar surface area (TPSA) is 34.0 Å². The van der Waals surface area contributed by atoms with Crippen LogP contribution in [-0.4, -0.2) is 17.0 Å². The minimum Gasteiger partial charge on any atom is -0.350 e. The maximum Gasteiger partial charge on any atom is 0.257 e. The van der Waals surface area contributed by atoms with Gasteiger partial charge in [0.05, 0.1) is 0 Å². The second-order valence-corrected chi connectivity index (χ2v) is 8.61. The smallest absolute Gasteiger partial charge is 0.257 e. The fourth-order valence-electron chi connectivity index (χ4n) is 3.57. The van der Waals surface area contributed by atoms with Gasteiger partial charge in [0.1, 0.15) is 17.2 Å². The van der Waals surface area contributed by atoms with E-state index in [1.807, 2.05) is 36.4 Å². The van der Waals surface area contributed by atoms with E-state index in [0.29, 0.717) is 6.54 Å². The van der Waals surface area contributed by atoms with Crippen molar-refractivity contribution in [1.29, 1.82) is 0 Å². The molecule has 0 bridgehead atoms. The lowest BCUT2D eigenvalue weighted by atomic mass is 10.2. The Labute approximate surface area is 184 Å². The maximum atomic E-state index is 13.8. The Hall–Kier alpha value is -3.12. The predicted molar refractivity (Wildman–Crippen MR) is 121 cm³/mol. The van der Waals surface area contributed by atoms with E-state index < -0.39 is 23.1 Å². The summed E-state index contributed by atoms with van der Waals surface area (Å²) >= 11 is 1.78. The third-order valence-electron chi connectivity index (χ3n) is 5.15. The van der Waals surface area contributed by atoms with Gasteiger partial charge in [0.25, 0.3) is 5.91 Å². The van der Waals surface area contributed by atoms with Crippen molar-refractivity contribution in [1.82, 2.24) is 9.88 Å². The van der Waals surface area contributed by atoms with Crippen molar-refractivity contribution in [2.75, 3.05) is 6.54 Å². The largest absolute Gasteiger partial charge is 0.350 e. The van der Waals surface area contributed by atoms with Crippen LogP contribution in [0, 0.1) is 11.6 Å². The van der Waals surface area contributed by atoms with Gasteiger partial charge in [0.2, 0.25) is 0 Å². The normalized spacial score (nSPS) is 12.1. The highest BCUT2D eigenvalue weighted by Crippen LogP contribution is 2.39. The van der Waals surface area contributed by atoms with Crippen LogP contribution in [0.4, 0.5) is 8.78 Å². The average molecular weight is 437 g/mol. The lowest BCUT2D eigenvalue weighted by molar-refractivity contribution is 0.0944. The van der Waals surface area contributed by atoms with E-state index in [9.17, 15) is 13.6 Å². The molecule has 0 saturated heterocycles. The number of hydrogen-bond donors (Lipinski definition) is 1. The van der Waals surface area contributed by atoms with Crippen molar-refractivity contribution < 1.29 is 13.6 Å². The van der Waals surface area contributed by atoms with Gasteiger partial charge in [0, 0.05) is 40.3 Å². The van der Waals surface area contributed by atoms with E-state index in [-0.39, 0.29) is 11.8 Å². The van der Waals surface area contributed by atoms with Gasteiger partial charge >= 0.3 is 0 Å². The summed E-state index contributed by atoms with van der Waals surface area (Å²) in [4.78, 5) is 13.4. The molecule has 0 saturated carbocycles. The average Bonchev–Trinajstić information content (AvgIpc) is 3.12. The lowest BCUT2D eigenvalue weighted by Gasteiger charge is -2.10. The van der Waals surface area contributed by atoms with Crippen molar-refractivity contribution in [2.24, 2.45) is 0 Å². The number of benzene rings is 3. The predicted octanol–water partition coefficient (Wildman–Crippen LogP) is 6.20. The number of nitrogens with zero attached hydrogens (tertiary/aromatic N) is 1. The minimum atomic E-state index is -0.863. The van der Waals surface area contributed by atoms with Gasteiger partial charge in [-0.2, -0.15) is 0 Å². The van der Waals surface area contributed by atoms with E-state index in [1.54, 1.807) is 11.8 Å². The van der Waals surface area contributed by atoms with Crippen LogP contribution in [-0.2, 0) is 6.54 Å². The molecule has 6 heteroatoms. The highest BCUT2D eigenvalue weighted by atomic mass is 32.2. The number of halogens is 2. The molecule has 0 radical (unpaired) electrons. The summed E-state index contributed by atoms with van der Waals surface area (Å²) in [5, 5.41) is 4.05. The zero-order valence-electron chi connectivity index (χ0n) is 17.0. The molecule has 1 aromatic heterocycles. The molecule has 1 heterocycles. The Morgan fingerprint density at radius 1 is 0.968 bits per heavy atom. The Kier molecular flexibility index (Phi) is 6.37. The molecule has 0 unspecified atom stereocenters. The number of para-hydroxylation sites is 1. The number of thioether (sulfide) groups is 1. The molecule has 0 aliphatic heterocycles. The van der Waals surface area contributed by atoms with Crippen LogP contribution >= 0.6 is 11.8 Å². The number of rotatable bonds is 7. The van der Waals surface area contributed by atoms with Crippen LogP contribution in [0.1, 0.15) is 28.1 Å². The van der Waals surface area contributed by atoms with E-state index in [2.05, 4.69) is 41.2 Å². The molecular weight excluding hydrogens is 414 g/mol. The highest BCUT2D eigenvalue weighted by molar-refractivity contribution is 7.99. The molecule has 3 aromatic carbocycles. The number of amides is 1. The van der Waals surface area contributed by atoms with Crippen LogP contribution < -0.4 is 5.32 Å². The van der Waals surface area contributed by atoms with E-state index >= 15 is 0 Å². The Morgan fingerprint density at radius 3 is 2.39 bits per heavy atom. The zero-order chi connectivity index (χ0) is 21.8. The molecule has 1 atom stereocenters. The first-order valence-corrected chi connectivity index (χ1v) is 10.9. The summed E-state index contributed by atoms with van der Waals surface area (Å²) < 4.78 is 29.7. The highest BCUT2D eigenvalue weighted by Gasteiger charge is 2.17. The number of carbonyl (C=O) groups is 1. The Morgan fingerprint density at radius 2 is 1.65 bits per heavy atom. The van der Waals surface area contributed by atoms with Crippen molar-refractivity contribution in [3.05, 3.63) is 102 Å². The van der Waals surface area contributed by atoms with Crippen LogP contribution in [0.3, 0.4) is 0 Å². The minimum absolute atomic E-state index is 0.254. The summed E-state index contributed by atoms with van der Waals surface area (Å²) in [7, 11) is 0. The van der Waals surface area contributed by atoms with Gasteiger partial charge in [-0.25, -0.2) is 8.78 Å². The van der Waals surface area contributed by atoms with Crippen molar-refractivity contribution >= 4 is 28.6 Å². The molecule has 3 nitrogen and oxygen atoms in total. The molecule has 1 amide bonds. The van der Waals surface area contributed by atoms with E-state index in [0.717, 1.165) is 27.9 Å². The maximum absolute atomic E-state index is 13.8. The van der Waals surface area contributed by atoms with Gasteiger partial charge in [-0.15, -0.1) is 11.8 Å². The fourth-order valence-corrected chi connectivity index (χ4v) is 4.73. The summed E-state index contributed by atoms with van der Waals surface area (Å²) in [6.07, 6.45) is 2.07. The first-order chi connectivity index (χ1) is 15.0. The summed E-state index contributed by atoms with van der Waals surface area (Å²) in [6.45, 7) is 2.92. The number of aromatic nitrogens is 1. The van der Waals surface area contributed by atoms with E-state index in [4.69, 9.17) is 0 Å². The molecule has 1 N–H and O–H groups in total. The zero-order valence-corrected chi connectivity index (χ0v) is 17.8. The number of hydrogen-bond acceptors (Lipinski definition) is 2. The van der Waals surface area contributed by atoms with Gasteiger partial charge in [-0.3, -0.25) is 4.79 Å². The molecular formula is C25H22F2N2OS. The first kappa shape index (κ1) is 21.1. The lowest BCUT2D eigenvalue weighted by Crippen LogP contribution is -2.28. The molecule has 4 aromatic rings. The number of carbonyl (C=O) groups excluding carboxylic acids is 1. The van der Waals surface area contributed by atoms with Crippen molar-refractivity contribution in [2.45, 2.75) is 23.6 Å².